The van der Waals surface area contributed by atoms with Crippen molar-refractivity contribution in [1.29, 1.82) is 0 Å². The Kier molecular flexibility index (Phi) is 3.75. The fourth-order valence-electron chi connectivity index (χ4n) is 2.50. The van der Waals surface area contributed by atoms with Gasteiger partial charge in [-0.2, -0.15) is 4.57 Å². The summed E-state index contributed by atoms with van der Waals surface area (Å²) in [6.45, 7) is 5.17. The van der Waals surface area contributed by atoms with Crippen LogP contribution in [0.3, 0.4) is 0 Å². The minimum atomic E-state index is -0.765. The second kappa shape index (κ2) is 5.63. The Hall–Kier alpha value is -2.89. The van der Waals surface area contributed by atoms with Crippen molar-refractivity contribution in [3.8, 4) is 5.69 Å². The Morgan fingerprint density at radius 3 is 2.33 bits per heavy atom. The molecular weight excluding hydrogens is 311 g/mol. The number of imidazole rings is 1. The van der Waals surface area contributed by atoms with E-state index in [-0.39, 0.29) is 0 Å². The number of nitrogens with zero attached hydrogens (tertiary/aromatic N) is 2. The van der Waals surface area contributed by atoms with Crippen LogP contribution >= 0.6 is 0 Å². The van der Waals surface area contributed by atoms with Crippen molar-refractivity contribution in [2.45, 2.75) is 26.4 Å². The summed E-state index contributed by atoms with van der Waals surface area (Å²) in [7, 11) is 0. The molecule has 3 aromatic rings. The van der Waals surface area contributed by atoms with Crippen LogP contribution in [0.25, 0.3) is 16.7 Å². The third kappa shape index (κ3) is 2.82. The molecule has 0 aliphatic heterocycles. The lowest BCUT2D eigenvalue weighted by molar-refractivity contribution is 0.0538. The maximum atomic E-state index is 13.6. The molecular formula is C18H17FN2O3. The number of carbonyl (C=O) groups is 1. The van der Waals surface area contributed by atoms with Crippen molar-refractivity contribution in [2.75, 3.05) is 0 Å². The Labute approximate surface area is 137 Å². The third-order valence-electron chi connectivity index (χ3n) is 3.39. The summed E-state index contributed by atoms with van der Waals surface area (Å²) in [5.41, 5.74) is -0.0898. The van der Waals surface area contributed by atoms with E-state index in [4.69, 9.17) is 4.74 Å². The monoisotopic (exact) mass is 328 g/mol. The van der Waals surface area contributed by atoms with Crippen LogP contribution < -0.4 is 5.69 Å². The van der Waals surface area contributed by atoms with E-state index in [1.54, 1.807) is 51.1 Å². The van der Waals surface area contributed by atoms with Gasteiger partial charge in [-0.15, -0.1) is 0 Å². The van der Waals surface area contributed by atoms with E-state index in [2.05, 4.69) is 0 Å². The minimum Gasteiger partial charge on any atom is -0.443 e. The largest absolute Gasteiger partial charge is 0.443 e. The highest BCUT2D eigenvalue weighted by atomic mass is 19.1. The summed E-state index contributed by atoms with van der Waals surface area (Å²) in [6.07, 6.45) is -0.765. The highest BCUT2D eigenvalue weighted by molar-refractivity contribution is 5.88. The molecule has 0 atom stereocenters. The summed E-state index contributed by atoms with van der Waals surface area (Å²) in [5, 5.41) is 0. The van der Waals surface area contributed by atoms with Crippen LogP contribution in [-0.2, 0) is 4.74 Å². The normalized spacial score (nSPS) is 11.7. The number of fused-ring (bicyclic) bond motifs is 1. The number of carbonyl (C=O) groups excluding carboxylic acids is 1. The summed E-state index contributed by atoms with van der Waals surface area (Å²) in [5.74, 6) is -0.464. The van der Waals surface area contributed by atoms with E-state index in [9.17, 15) is 14.0 Å². The minimum absolute atomic E-state index is 0.346. The molecule has 0 aliphatic rings. The van der Waals surface area contributed by atoms with Gasteiger partial charge in [-0.25, -0.2) is 14.0 Å². The summed E-state index contributed by atoms with van der Waals surface area (Å²) in [4.78, 5) is 25.3. The van der Waals surface area contributed by atoms with Gasteiger partial charge >= 0.3 is 11.8 Å². The van der Waals surface area contributed by atoms with Crippen molar-refractivity contribution < 1.29 is 13.9 Å². The Bertz CT molecular complexity index is 980. The Morgan fingerprint density at radius 2 is 1.71 bits per heavy atom. The zero-order valence-electron chi connectivity index (χ0n) is 13.6. The molecule has 6 heteroatoms. The maximum absolute atomic E-state index is 13.6. The van der Waals surface area contributed by atoms with Crippen LogP contribution in [0.1, 0.15) is 20.8 Å². The predicted molar refractivity (Wildman–Crippen MR) is 89.1 cm³/mol. The number of ether oxygens (including phenoxy) is 1. The van der Waals surface area contributed by atoms with Crippen molar-refractivity contribution in [3.05, 3.63) is 64.8 Å². The average Bonchev–Trinajstić information content (AvgIpc) is 2.77. The van der Waals surface area contributed by atoms with E-state index in [0.29, 0.717) is 16.7 Å². The third-order valence-corrected chi connectivity index (χ3v) is 3.39. The SMILES string of the molecule is CC(C)(C)OC(=O)n1c(=O)n(-c2cccc(F)c2)c2ccccc21. The van der Waals surface area contributed by atoms with Gasteiger partial charge in [-0.3, -0.25) is 4.57 Å². The Morgan fingerprint density at radius 1 is 1.04 bits per heavy atom. The highest BCUT2D eigenvalue weighted by Crippen LogP contribution is 2.19. The molecule has 3 rings (SSSR count). The second-order valence-corrected chi connectivity index (χ2v) is 6.40. The van der Waals surface area contributed by atoms with Crippen LogP contribution in [0.5, 0.6) is 0 Å². The van der Waals surface area contributed by atoms with Crippen LogP contribution in [0.4, 0.5) is 9.18 Å². The summed E-state index contributed by atoms with van der Waals surface area (Å²) in [6, 6.07) is 12.5. The molecule has 0 aliphatic carbocycles. The summed E-state index contributed by atoms with van der Waals surface area (Å²) < 4.78 is 21.1. The zero-order valence-corrected chi connectivity index (χ0v) is 13.6. The highest BCUT2D eigenvalue weighted by Gasteiger charge is 2.24. The van der Waals surface area contributed by atoms with Crippen LogP contribution in [-0.4, -0.2) is 20.8 Å². The molecule has 0 amide bonds. The second-order valence-electron chi connectivity index (χ2n) is 6.40. The van der Waals surface area contributed by atoms with Crippen molar-refractivity contribution >= 4 is 17.1 Å². The molecule has 1 aromatic heterocycles. The topological polar surface area (TPSA) is 53.2 Å². The van der Waals surface area contributed by atoms with E-state index in [1.165, 1.54) is 22.8 Å². The van der Waals surface area contributed by atoms with E-state index in [0.717, 1.165) is 4.57 Å². The van der Waals surface area contributed by atoms with Gasteiger partial charge in [-0.05, 0) is 51.1 Å². The van der Waals surface area contributed by atoms with Gasteiger partial charge in [0.1, 0.15) is 11.4 Å². The molecule has 0 saturated heterocycles. The predicted octanol–water partition coefficient (Wildman–Crippen LogP) is 3.71. The first-order valence-electron chi connectivity index (χ1n) is 7.50. The van der Waals surface area contributed by atoms with Crippen LogP contribution in [0.15, 0.2) is 53.3 Å². The smallest absolute Gasteiger partial charge is 0.423 e. The molecule has 0 bridgehead atoms. The van der Waals surface area contributed by atoms with Crippen molar-refractivity contribution in [1.82, 2.24) is 9.13 Å². The number of para-hydroxylation sites is 2. The molecule has 124 valence electrons. The van der Waals surface area contributed by atoms with Gasteiger partial charge in [0.2, 0.25) is 0 Å². The van der Waals surface area contributed by atoms with Crippen molar-refractivity contribution in [3.63, 3.8) is 0 Å². The number of aromatic nitrogens is 2. The van der Waals surface area contributed by atoms with E-state index < -0.39 is 23.2 Å². The van der Waals surface area contributed by atoms with Crippen molar-refractivity contribution in [2.24, 2.45) is 0 Å². The lowest BCUT2D eigenvalue weighted by atomic mass is 10.2. The summed E-state index contributed by atoms with van der Waals surface area (Å²) >= 11 is 0. The van der Waals surface area contributed by atoms with Crippen LogP contribution in [0.2, 0.25) is 0 Å². The number of halogens is 1. The molecule has 0 saturated carbocycles. The van der Waals surface area contributed by atoms with Gasteiger partial charge in [0, 0.05) is 0 Å². The Balaban J connectivity index is 2.28. The van der Waals surface area contributed by atoms with Gasteiger partial charge < -0.3 is 4.74 Å². The number of hydrogen-bond acceptors (Lipinski definition) is 3. The number of benzene rings is 2. The average molecular weight is 328 g/mol. The van der Waals surface area contributed by atoms with Gasteiger partial charge in [0.05, 0.1) is 16.7 Å². The first kappa shape index (κ1) is 16.0. The quantitative estimate of drug-likeness (QED) is 0.684. The first-order chi connectivity index (χ1) is 11.3. The molecule has 2 aromatic carbocycles. The van der Waals surface area contributed by atoms with Gasteiger partial charge in [0.15, 0.2) is 0 Å². The zero-order chi connectivity index (χ0) is 17.5. The molecule has 0 fully saturated rings. The number of rotatable bonds is 1. The van der Waals surface area contributed by atoms with E-state index in [1.807, 2.05) is 0 Å². The van der Waals surface area contributed by atoms with Crippen LogP contribution in [0, 0.1) is 5.82 Å². The van der Waals surface area contributed by atoms with E-state index >= 15 is 0 Å². The maximum Gasteiger partial charge on any atom is 0.423 e. The fraction of sp³-hybridized carbons (Fsp3) is 0.222. The van der Waals surface area contributed by atoms with Gasteiger partial charge in [0.25, 0.3) is 0 Å². The standard InChI is InChI=1S/C18H17FN2O3/c1-18(2,3)24-17(23)21-15-10-5-4-9-14(15)20(16(21)22)13-8-6-7-12(19)11-13/h4-11H,1-3H3. The molecule has 0 N–H and O–H groups in total. The lowest BCUT2D eigenvalue weighted by Gasteiger charge is -2.19. The molecule has 0 spiro atoms. The molecule has 5 nitrogen and oxygen atoms in total. The molecule has 24 heavy (non-hydrogen) atoms. The fourth-order valence-corrected chi connectivity index (χ4v) is 2.50. The lowest BCUT2D eigenvalue weighted by Crippen LogP contribution is -2.34. The number of hydrogen-bond donors (Lipinski definition) is 0. The van der Waals surface area contributed by atoms with Gasteiger partial charge in [-0.1, -0.05) is 18.2 Å². The molecule has 0 radical (unpaired) electrons. The molecule has 1 heterocycles. The molecule has 0 unspecified atom stereocenters. The first-order valence-corrected chi connectivity index (χ1v) is 7.50.